The Morgan fingerprint density at radius 2 is 1.94 bits per heavy atom. The fraction of sp³-hybridized carbons (Fsp3) is 0.0833. The summed E-state index contributed by atoms with van der Waals surface area (Å²) in [5, 5.41) is 0. The summed E-state index contributed by atoms with van der Waals surface area (Å²) in [6.45, 7) is 0. The van der Waals surface area contributed by atoms with Crippen LogP contribution >= 0.6 is 11.8 Å². The van der Waals surface area contributed by atoms with Gasteiger partial charge in [-0.2, -0.15) is 0 Å². The van der Waals surface area contributed by atoms with Crippen molar-refractivity contribution in [2.24, 2.45) is 5.73 Å². The van der Waals surface area contributed by atoms with E-state index in [4.69, 9.17) is 11.5 Å². The molecule has 0 unspecified atom stereocenters. The molecule has 0 bridgehead atoms. The summed E-state index contributed by atoms with van der Waals surface area (Å²) in [7, 11) is 0. The second-order valence-corrected chi connectivity index (χ2v) is 4.46. The Balaban J connectivity index is 2.39. The van der Waals surface area contributed by atoms with E-state index < -0.39 is 5.91 Å². The highest BCUT2D eigenvalue weighted by molar-refractivity contribution is 7.98. The zero-order valence-electron chi connectivity index (χ0n) is 9.75. The molecule has 0 saturated carbocycles. The molecule has 0 saturated heterocycles. The molecule has 1 aromatic carbocycles. The van der Waals surface area contributed by atoms with Crippen LogP contribution in [0.15, 0.2) is 35.4 Å². The average molecular weight is 260 g/mol. The maximum Gasteiger partial charge on any atom is 0.254 e. The molecule has 1 amide bonds. The van der Waals surface area contributed by atoms with Gasteiger partial charge >= 0.3 is 0 Å². The van der Waals surface area contributed by atoms with Crippen LogP contribution in [0, 0.1) is 0 Å². The Hall–Kier alpha value is -2.08. The van der Waals surface area contributed by atoms with Gasteiger partial charge in [0.2, 0.25) is 0 Å². The zero-order valence-corrected chi connectivity index (χ0v) is 10.6. The number of nitrogens with zero attached hydrogens (tertiary/aromatic N) is 2. The second-order valence-electron chi connectivity index (χ2n) is 3.59. The van der Waals surface area contributed by atoms with Gasteiger partial charge in [0, 0.05) is 16.7 Å². The van der Waals surface area contributed by atoms with Crippen molar-refractivity contribution in [3.05, 3.63) is 36.0 Å². The molecule has 0 radical (unpaired) electrons. The summed E-state index contributed by atoms with van der Waals surface area (Å²) in [4.78, 5) is 20.3. The van der Waals surface area contributed by atoms with E-state index in [1.165, 1.54) is 6.20 Å². The Morgan fingerprint density at radius 1 is 1.28 bits per heavy atom. The number of thioether (sulfide) groups is 1. The third-order valence-electron chi connectivity index (χ3n) is 2.43. The summed E-state index contributed by atoms with van der Waals surface area (Å²) >= 11 is 1.66. The number of hydrogen-bond donors (Lipinski definition) is 2. The molecule has 1 heterocycles. The quantitative estimate of drug-likeness (QED) is 0.816. The number of anilines is 1. The fourth-order valence-corrected chi connectivity index (χ4v) is 1.87. The fourth-order valence-electron chi connectivity index (χ4n) is 1.46. The number of aromatic nitrogens is 2. The Bertz CT molecular complexity index is 583. The molecule has 92 valence electrons. The van der Waals surface area contributed by atoms with Gasteiger partial charge in [0.15, 0.2) is 5.82 Å². The highest BCUT2D eigenvalue weighted by atomic mass is 32.2. The molecule has 0 fully saturated rings. The maximum absolute atomic E-state index is 11.0. The van der Waals surface area contributed by atoms with Crippen LogP contribution in [-0.2, 0) is 0 Å². The van der Waals surface area contributed by atoms with Crippen molar-refractivity contribution < 1.29 is 4.79 Å². The summed E-state index contributed by atoms with van der Waals surface area (Å²) in [6, 6.07) is 7.76. The first kappa shape index (κ1) is 12.4. The molecule has 0 aliphatic heterocycles. The minimum absolute atomic E-state index is 0.0986. The van der Waals surface area contributed by atoms with Crippen molar-refractivity contribution in [1.82, 2.24) is 9.97 Å². The van der Waals surface area contributed by atoms with Crippen molar-refractivity contribution in [2.45, 2.75) is 4.90 Å². The number of hydrogen-bond acceptors (Lipinski definition) is 5. The molecule has 0 aliphatic carbocycles. The van der Waals surface area contributed by atoms with E-state index in [-0.39, 0.29) is 11.4 Å². The molecule has 2 aromatic rings. The molecule has 18 heavy (non-hydrogen) atoms. The lowest BCUT2D eigenvalue weighted by Crippen LogP contribution is -2.15. The third-order valence-corrected chi connectivity index (χ3v) is 3.18. The van der Waals surface area contributed by atoms with E-state index in [0.29, 0.717) is 5.82 Å². The summed E-state index contributed by atoms with van der Waals surface area (Å²) in [5.74, 6) is -0.0524. The number of amides is 1. The minimum Gasteiger partial charge on any atom is -0.383 e. The van der Waals surface area contributed by atoms with Crippen LogP contribution < -0.4 is 11.5 Å². The average Bonchev–Trinajstić information content (AvgIpc) is 2.38. The smallest absolute Gasteiger partial charge is 0.254 e. The Morgan fingerprint density at radius 3 is 2.44 bits per heavy atom. The monoisotopic (exact) mass is 260 g/mol. The zero-order chi connectivity index (χ0) is 13.1. The summed E-state index contributed by atoms with van der Waals surface area (Å²) in [6.07, 6.45) is 3.35. The van der Waals surface area contributed by atoms with Crippen LogP contribution in [0.4, 0.5) is 5.82 Å². The van der Waals surface area contributed by atoms with Gasteiger partial charge in [-0.1, -0.05) is 12.1 Å². The number of carbonyl (C=O) groups is 1. The molecule has 0 aliphatic rings. The van der Waals surface area contributed by atoms with Crippen molar-refractivity contribution in [3.8, 4) is 11.4 Å². The number of primary amides is 1. The lowest BCUT2D eigenvalue weighted by atomic mass is 10.2. The van der Waals surface area contributed by atoms with E-state index in [1.807, 2.05) is 30.5 Å². The van der Waals surface area contributed by atoms with Crippen LogP contribution in [0.3, 0.4) is 0 Å². The van der Waals surface area contributed by atoms with Gasteiger partial charge in [0.05, 0.1) is 5.56 Å². The highest BCUT2D eigenvalue weighted by Crippen LogP contribution is 2.21. The van der Waals surface area contributed by atoms with E-state index in [9.17, 15) is 4.79 Å². The van der Waals surface area contributed by atoms with Gasteiger partial charge in [-0.15, -0.1) is 11.8 Å². The minimum atomic E-state index is -0.628. The maximum atomic E-state index is 11.0. The molecular weight excluding hydrogens is 248 g/mol. The number of nitrogen functional groups attached to an aromatic ring is 1. The van der Waals surface area contributed by atoms with Crippen LogP contribution in [0.2, 0.25) is 0 Å². The topological polar surface area (TPSA) is 94.9 Å². The normalized spacial score (nSPS) is 10.3. The number of benzene rings is 1. The van der Waals surface area contributed by atoms with E-state index in [2.05, 4.69) is 9.97 Å². The van der Waals surface area contributed by atoms with Crippen molar-refractivity contribution in [2.75, 3.05) is 12.0 Å². The number of nitrogens with two attached hydrogens (primary N) is 2. The molecular formula is C12H12N4OS. The van der Waals surface area contributed by atoms with Gasteiger partial charge in [-0.3, -0.25) is 4.79 Å². The van der Waals surface area contributed by atoms with Crippen molar-refractivity contribution >= 4 is 23.5 Å². The highest BCUT2D eigenvalue weighted by Gasteiger charge is 2.10. The van der Waals surface area contributed by atoms with E-state index >= 15 is 0 Å². The molecule has 0 spiro atoms. The largest absolute Gasteiger partial charge is 0.383 e. The Labute approximate surface area is 109 Å². The Kier molecular flexibility index (Phi) is 3.47. The molecule has 5 nitrogen and oxygen atoms in total. The van der Waals surface area contributed by atoms with Crippen LogP contribution in [0.5, 0.6) is 0 Å². The first-order valence-corrected chi connectivity index (χ1v) is 6.41. The van der Waals surface area contributed by atoms with Gasteiger partial charge in [0.25, 0.3) is 5.91 Å². The van der Waals surface area contributed by atoms with Crippen LogP contribution in [0.1, 0.15) is 10.4 Å². The summed E-state index contributed by atoms with van der Waals surface area (Å²) < 4.78 is 0. The van der Waals surface area contributed by atoms with Gasteiger partial charge in [0.1, 0.15) is 5.82 Å². The van der Waals surface area contributed by atoms with Gasteiger partial charge in [-0.05, 0) is 18.4 Å². The van der Waals surface area contributed by atoms with Crippen LogP contribution in [0.25, 0.3) is 11.4 Å². The van der Waals surface area contributed by atoms with Crippen molar-refractivity contribution in [1.29, 1.82) is 0 Å². The second kappa shape index (κ2) is 5.05. The molecule has 2 rings (SSSR count). The lowest BCUT2D eigenvalue weighted by Gasteiger charge is -2.04. The van der Waals surface area contributed by atoms with E-state index in [1.54, 1.807) is 11.8 Å². The van der Waals surface area contributed by atoms with Crippen LogP contribution in [-0.4, -0.2) is 22.1 Å². The predicted molar refractivity (Wildman–Crippen MR) is 72.2 cm³/mol. The van der Waals surface area contributed by atoms with Gasteiger partial charge in [-0.25, -0.2) is 9.97 Å². The predicted octanol–water partition coefficient (Wildman–Crippen LogP) is 1.55. The number of carbonyl (C=O) groups excluding carboxylic acids is 1. The van der Waals surface area contributed by atoms with E-state index in [0.717, 1.165) is 10.5 Å². The molecule has 0 atom stereocenters. The molecule has 1 aromatic heterocycles. The molecule has 4 N–H and O–H groups in total. The first-order chi connectivity index (χ1) is 8.61. The first-order valence-electron chi connectivity index (χ1n) is 5.18. The lowest BCUT2D eigenvalue weighted by molar-refractivity contribution is 0.100. The SMILES string of the molecule is CSc1ccc(-c2ncc(C(N)=O)c(N)n2)cc1. The third kappa shape index (κ3) is 2.43. The molecule has 6 heteroatoms. The number of rotatable bonds is 3. The summed E-state index contributed by atoms with van der Waals surface area (Å²) in [5.41, 5.74) is 11.8. The van der Waals surface area contributed by atoms with Crippen molar-refractivity contribution in [3.63, 3.8) is 0 Å². The van der Waals surface area contributed by atoms with Gasteiger partial charge < -0.3 is 11.5 Å². The standard InChI is InChI=1S/C12H12N4OS/c1-18-8-4-2-7(3-5-8)12-15-6-9(11(14)17)10(13)16-12/h2-6H,1H3,(H2,14,17)(H2,13,15,16).